The van der Waals surface area contributed by atoms with E-state index in [2.05, 4.69) is 147 Å². The highest BCUT2D eigenvalue weighted by molar-refractivity contribution is 5.74. The van der Waals surface area contributed by atoms with Crippen molar-refractivity contribution in [2.45, 2.75) is 19.3 Å². The maximum absolute atomic E-state index is 2.29. The second-order valence-corrected chi connectivity index (χ2v) is 7.67. The second kappa shape index (κ2) is 9.45. The molecule has 0 aliphatic heterocycles. The number of benzene rings is 4. The predicted octanol–water partition coefficient (Wildman–Crippen LogP) is 8.05. The van der Waals surface area contributed by atoms with Crippen LogP contribution in [0.4, 0.5) is 0 Å². The van der Waals surface area contributed by atoms with Gasteiger partial charge < -0.3 is 0 Å². The van der Waals surface area contributed by atoms with E-state index >= 15 is 0 Å². The van der Waals surface area contributed by atoms with Crippen LogP contribution in [0.25, 0.3) is 5.57 Å². The minimum atomic E-state index is -0.390. The van der Waals surface area contributed by atoms with Gasteiger partial charge in [-0.25, -0.2) is 0 Å². The van der Waals surface area contributed by atoms with Crippen molar-refractivity contribution < 1.29 is 0 Å². The molecule has 0 bridgehead atoms. The van der Waals surface area contributed by atoms with Gasteiger partial charge in [-0.05, 0) is 47.2 Å². The van der Waals surface area contributed by atoms with Gasteiger partial charge in [-0.1, -0.05) is 133 Å². The molecule has 0 aliphatic carbocycles. The van der Waals surface area contributed by atoms with Crippen LogP contribution in [0.2, 0.25) is 0 Å². The fourth-order valence-electron chi connectivity index (χ4n) is 4.52. The largest absolute Gasteiger partial charge is 0.0871 e. The number of hydrogen-bond acceptors (Lipinski definition) is 0. The molecule has 0 heterocycles. The lowest BCUT2D eigenvalue weighted by molar-refractivity contribution is 0.745. The summed E-state index contributed by atoms with van der Waals surface area (Å²) < 4.78 is 0. The Kier molecular flexibility index (Phi) is 6.29. The Labute approximate surface area is 186 Å². The zero-order valence-electron chi connectivity index (χ0n) is 18.2. The first kappa shape index (κ1) is 20.6. The van der Waals surface area contributed by atoms with E-state index in [-0.39, 0.29) is 5.41 Å². The summed E-state index contributed by atoms with van der Waals surface area (Å²) in [7, 11) is 0. The Bertz CT molecular complexity index is 1050. The van der Waals surface area contributed by atoms with Gasteiger partial charge in [-0.3, -0.25) is 0 Å². The maximum Gasteiger partial charge on any atom is 0.0701 e. The van der Waals surface area contributed by atoms with Crippen LogP contribution in [-0.2, 0) is 5.41 Å². The molecule has 0 spiro atoms. The molecule has 0 nitrogen and oxygen atoms in total. The van der Waals surface area contributed by atoms with Gasteiger partial charge in [0.1, 0.15) is 0 Å². The molecule has 0 amide bonds. The van der Waals surface area contributed by atoms with Crippen molar-refractivity contribution in [3.63, 3.8) is 0 Å². The summed E-state index contributed by atoms with van der Waals surface area (Å²) in [6, 6.07) is 41.6. The molecule has 0 radical (unpaired) electrons. The maximum atomic E-state index is 2.29. The highest BCUT2D eigenvalue weighted by Gasteiger charge is 2.38. The van der Waals surface area contributed by atoms with E-state index in [0.717, 1.165) is 0 Å². The van der Waals surface area contributed by atoms with E-state index in [1.165, 1.54) is 33.4 Å². The van der Waals surface area contributed by atoms with Crippen molar-refractivity contribution in [3.05, 3.63) is 161 Å². The fraction of sp³-hybridized carbons (Fsp3) is 0.0968. The number of allylic oxidation sites excluding steroid dienone is 4. The van der Waals surface area contributed by atoms with Gasteiger partial charge in [0, 0.05) is 0 Å². The number of rotatable bonds is 6. The van der Waals surface area contributed by atoms with Gasteiger partial charge in [0.15, 0.2) is 0 Å². The Balaban J connectivity index is 2.01. The summed E-state index contributed by atoms with van der Waals surface area (Å²) in [6.45, 7) is 4.15. The van der Waals surface area contributed by atoms with Crippen LogP contribution in [0.15, 0.2) is 133 Å². The molecule has 0 aromatic heterocycles. The Morgan fingerprint density at radius 1 is 0.516 bits per heavy atom. The molecule has 0 saturated carbocycles. The van der Waals surface area contributed by atoms with Crippen LogP contribution in [0.5, 0.6) is 0 Å². The topological polar surface area (TPSA) is 0 Å². The minimum absolute atomic E-state index is 0.390. The van der Waals surface area contributed by atoms with E-state index < -0.39 is 0 Å². The normalized spacial score (nSPS) is 12.3. The molecule has 4 aromatic rings. The first-order chi connectivity index (χ1) is 15.3. The zero-order valence-corrected chi connectivity index (χ0v) is 18.2. The summed E-state index contributed by atoms with van der Waals surface area (Å²) in [5.41, 5.74) is 7.13. The first-order valence-corrected chi connectivity index (χ1v) is 10.9. The van der Waals surface area contributed by atoms with Crippen molar-refractivity contribution in [1.82, 2.24) is 0 Å². The van der Waals surface area contributed by atoms with Gasteiger partial charge in [0.2, 0.25) is 0 Å². The molecule has 0 heteroatoms. The molecule has 31 heavy (non-hydrogen) atoms. The minimum Gasteiger partial charge on any atom is -0.0871 e. The highest BCUT2D eigenvalue weighted by Crippen LogP contribution is 2.45. The second-order valence-electron chi connectivity index (χ2n) is 7.67. The van der Waals surface area contributed by atoms with Crippen molar-refractivity contribution in [2.24, 2.45) is 0 Å². The molecule has 0 fully saturated rings. The highest BCUT2D eigenvalue weighted by atomic mass is 14.4. The summed E-state index contributed by atoms with van der Waals surface area (Å²) in [6.07, 6.45) is 6.41. The third-order valence-corrected chi connectivity index (χ3v) is 5.93. The molecule has 0 aliphatic rings. The van der Waals surface area contributed by atoms with E-state index in [1.54, 1.807) is 0 Å². The van der Waals surface area contributed by atoms with Gasteiger partial charge >= 0.3 is 0 Å². The Hall–Kier alpha value is -3.64. The molecule has 0 saturated heterocycles. The third kappa shape index (κ3) is 3.90. The SMILES string of the molecule is C/C=C\C(=C/C)c1ccc(C(c2ccccc2)(c2ccccc2)c2ccccc2)cc1. The average Bonchev–Trinajstić information content (AvgIpc) is 2.86. The molecule has 0 unspecified atom stereocenters. The quantitative estimate of drug-likeness (QED) is 0.227. The molecule has 152 valence electrons. The number of hydrogen-bond donors (Lipinski definition) is 0. The lowest BCUT2D eigenvalue weighted by Crippen LogP contribution is -2.30. The van der Waals surface area contributed by atoms with E-state index in [0.29, 0.717) is 0 Å². The fourth-order valence-corrected chi connectivity index (χ4v) is 4.52. The predicted molar refractivity (Wildman–Crippen MR) is 133 cm³/mol. The summed E-state index contributed by atoms with van der Waals surface area (Å²) in [5.74, 6) is 0. The van der Waals surface area contributed by atoms with Crippen molar-refractivity contribution in [2.75, 3.05) is 0 Å². The summed E-state index contributed by atoms with van der Waals surface area (Å²) >= 11 is 0. The van der Waals surface area contributed by atoms with Crippen LogP contribution in [-0.4, -0.2) is 0 Å². The lowest BCUT2D eigenvalue weighted by atomic mass is 9.65. The van der Waals surface area contributed by atoms with Gasteiger partial charge in [-0.15, -0.1) is 0 Å². The zero-order chi connectivity index (χ0) is 21.5. The molecule has 0 N–H and O–H groups in total. The molecule has 0 atom stereocenters. The lowest BCUT2D eigenvalue weighted by Gasteiger charge is -2.37. The first-order valence-electron chi connectivity index (χ1n) is 10.9. The van der Waals surface area contributed by atoms with Crippen molar-refractivity contribution in [3.8, 4) is 0 Å². The molecule has 4 rings (SSSR count). The van der Waals surface area contributed by atoms with Crippen LogP contribution >= 0.6 is 0 Å². The Morgan fingerprint density at radius 2 is 0.903 bits per heavy atom. The molecular formula is C31H28. The van der Waals surface area contributed by atoms with Crippen LogP contribution in [0, 0.1) is 0 Å². The smallest absolute Gasteiger partial charge is 0.0701 e. The van der Waals surface area contributed by atoms with Crippen molar-refractivity contribution in [1.29, 1.82) is 0 Å². The Morgan fingerprint density at radius 3 is 1.26 bits per heavy atom. The third-order valence-electron chi connectivity index (χ3n) is 5.93. The molecular weight excluding hydrogens is 372 g/mol. The van der Waals surface area contributed by atoms with Crippen LogP contribution in [0.1, 0.15) is 41.7 Å². The average molecular weight is 401 g/mol. The summed E-state index contributed by atoms with van der Waals surface area (Å²) in [4.78, 5) is 0. The van der Waals surface area contributed by atoms with E-state index in [9.17, 15) is 0 Å². The molecule has 4 aromatic carbocycles. The van der Waals surface area contributed by atoms with Crippen LogP contribution in [0.3, 0.4) is 0 Å². The van der Waals surface area contributed by atoms with E-state index in [4.69, 9.17) is 0 Å². The van der Waals surface area contributed by atoms with Gasteiger partial charge in [0.25, 0.3) is 0 Å². The van der Waals surface area contributed by atoms with E-state index in [1.807, 2.05) is 0 Å². The standard InChI is InChI=1S/C31H28/c1-3-14-25(4-2)26-21-23-30(24-22-26)31(27-15-8-5-9-16-27,28-17-10-6-11-18-28)29-19-12-7-13-20-29/h3-24H,1-2H3/b14-3-,25-4+. The summed E-state index contributed by atoms with van der Waals surface area (Å²) in [5, 5.41) is 0. The van der Waals surface area contributed by atoms with Crippen LogP contribution < -0.4 is 0 Å². The van der Waals surface area contributed by atoms with Crippen molar-refractivity contribution >= 4 is 5.57 Å². The monoisotopic (exact) mass is 400 g/mol. The van der Waals surface area contributed by atoms with Gasteiger partial charge in [-0.2, -0.15) is 0 Å². The van der Waals surface area contributed by atoms with Gasteiger partial charge in [0.05, 0.1) is 5.41 Å².